The summed E-state index contributed by atoms with van der Waals surface area (Å²) in [4.78, 5) is 0. The van der Waals surface area contributed by atoms with Gasteiger partial charge in [-0.25, -0.2) is 0 Å². The van der Waals surface area contributed by atoms with E-state index in [1.165, 1.54) is 0 Å². The molecule has 0 radical (unpaired) electrons. The molecule has 0 saturated heterocycles. The quantitative estimate of drug-likeness (QED) is 0.712. The van der Waals surface area contributed by atoms with Crippen molar-refractivity contribution in [1.82, 2.24) is 0 Å². The summed E-state index contributed by atoms with van der Waals surface area (Å²) in [6, 6.07) is 18.6. The van der Waals surface area contributed by atoms with Gasteiger partial charge in [0.25, 0.3) is 0 Å². The molecule has 0 aromatic heterocycles. The predicted molar refractivity (Wildman–Crippen MR) is 56.5 cm³/mol. The van der Waals surface area contributed by atoms with E-state index >= 15 is 0 Å². The van der Waals surface area contributed by atoms with Crippen LogP contribution in [-0.2, 0) is 0 Å². The van der Waals surface area contributed by atoms with Crippen molar-refractivity contribution in [1.29, 1.82) is 0 Å². The third-order valence-electron chi connectivity index (χ3n) is 2.07. The number of nitrogens with one attached hydrogen (secondary N) is 1. The van der Waals surface area contributed by atoms with E-state index in [1.54, 1.807) is 0 Å². The van der Waals surface area contributed by atoms with Crippen molar-refractivity contribution in [3.05, 3.63) is 65.9 Å². The second-order valence-electron chi connectivity index (χ2n) is 3.06. The van der Waals surface area contributed by atoms with Crippen LogP contribution in [0.3, 0.4) is 0 Å². The molecule has 0 aliphatic carbocycles. The van der Waals surface area contributed by atoms with Crippen LogP contribution in [0.5, 0.6) is 0 Å². The highest BCUT2D eigenvalue weighted by molar-refractivity contribution is 5.37. The SMILES string of the molecule is [O-][NH+](c1ccccc1)c1ccccc1. The third-order valence-corrected chi connectivity index (χ3v) is 2.07. The largest absolute Gasteiger partial charge is 0.623 e. The molecule has 2 aromatic rings. The molecule has 2 nitrogen and oxygen atoms in total. The Hall–Kier alpha value is -1.64. The fourth-order valence-electron chi connectivity index (χ4n) is 1.35. The molecule has 2 aromatic carbocycles. The van der Waals surface area contributed by atoms with Gasteiger partial charge >= 0.3 is 0 Å². The van der Waals surface area contributed by atoms with E-state index in [4.69, 9.17) is 0 Å². The molecule has 70 valence electrons. The lowest BCUT2D eigenvalue weighted by Crippen LogP contribution is -2.96. The van der Waals surface area contributed by atoms with Gasteiger partial charge in [0, 0.05) is 0 Å². The van der Waals surface area contributed by atoms with E-state index in [-0.39, 0.29) is 5.06 Å². The summed E-state index contributed by atoms with van der Waals surface area (Å²) in [5.41, 5.74) is 1.47. The molecule has 0 aliphatic heterocycles. The lowest BCUT2D eigenvalue weighted by molar-refractivity contribution is -0.698. The van der Waals surface area contributed by atoms with Crippen molar-refractivity contribution >= 4 is 11.4 Å². The summed E-state index contributed by atoms with van der Waals surface area (Å²) >= 11 is 0. The van der Waals surface area contributed by atoms with Gasteiger partial charge in [0.05, 0.1) is 0 Å². The molecule has 0 aliphatic rings. The molecule has 0 bridgehead atoms. The molecule has 14 heavy (non-hydrogen) atoms. The zero-order chi connectivity index (χ0) is 9.80. The molecule has 0 unspecified atom stereocenters. The summed E-state index contributed by atoms with van der Waals surface area (Å²) < 4.78 is 0. The smallest absolute Gasteiger partial charge is 0.136 e. The normalized spacial score (nSPS) is 10.4. The predicted octanol–water partition coefficient (Wildman–Crippen LogP) is 2.03. The van der Waals surface area contributed by atoms with Crippen LogP contribution in [0.25, 0.3) is 0 Å². The maximum Gasteiger partial charge on any atom is 0.136 e. The Morgan fingerprint density at radius 3 is 1.36 bits per heavy atom. The van der Waals surface area contributed by atoms with Crippen molar-refractivity contribution in [3.63, 3.8) is 0 Å². The van der Waals surface area contributed by atoms with E-state index in [0.29, 0.717) is 0 Å². The fraction of sp³-hybridized carbons (Fsp3) is 0. The molecule has 2 heteroatoms. The van der Waals surface area contributed by atoms with E-state index < -0.39 is 0 Å². The van der Waals surface area contributed by atoms with E-state index in [2.05, 4.69) is 0 Å². The minimum absolute atomic E-state index is 0.0752. The molecule has 0 saturated carbocycles. The van der Waals surface area contributed by atoms with Gasteiger partial charge in [-0.3, -0.25) is 0 Å². The molecule has 0 fully saturated rings. The first-order chi connectivity index (χ1) is 6.88. The average molecular weight is 185 g/mol. The minimum Gasteiger partial charge on any atom is -0.623 e. The fourth-order valence-corrected chi connectivity index (χ4v) is 1.35. The van der Waals surface area contributed by atoms with Crippen LogP contribution >= 0.6 is 0 Å². The highest BCUT2D eigenvalue weighted by atomic mass is 16.5. The van der Waals surface area contributed by atoms with E-state index in [9.17, 15) is 5.21 Å². The summed E-state index contributed by atoms with van der Waals surface area (Å²) in [6.45, 7) is 0. The zero-order valence-electron chi connectivity index (χ0n) is 7.68. The maximum absolute atomic E-state index is 11.8. The first kappa shape index (κ1) is 8.94. The topological polar surface area (TPSA) is 27.5 Å². The van der Waals surface area contributed by atoms with Crippen molar-refractivity contribution < 1.29 is 5.06 Å². The molecular weight excluding hydrogens is 174 g/mol. The summed E-state index contributed by atoms with van der Waals surface area (Å²) in [5.74, 6) is 0. The number of hydrogen-bond acceptors (Lipinski definition) is 1. The average Bonchev–Trinajstić information content (AvgIpc) is 2.30. The zero-order valence-corrected chi connectivity index (χ0v) is 7.68. The number of para-hydroxylation sites is 2. The maximum atomic E-state index is 11.8. The Morgan fingerprint density at radius 1 is 0.643 bits per heavy atom. The van der Waals surface area contributed by atoms with Crippen molar-refractivity contribution in [3.8, 4) is 0 Å². The van der Waals surface area contributed by atoms with Crippen molar-refractivity contribution in [2.24, 2.45) is 0 Å². The summed E-state index contributed by atoms with van der Waals surface area (Å²) in [5, 5.41) is 11.9. The monoisotopic (exact) mass is 185 g/mol. The summed E-state index contributed by atoms with van der Waals surface area (Å²) in [7, 11) is 0. The molecule has 0 atom stereocenters. The van der Waals surface area contributed by atoms with E-state index in [0.717, 1.165) is 11.4 Å². The van der Waals surface area contributed by atoms with Crippen molar-refractivity contribution in [2.45, 2.75) is 0 Å². The Bertz CT molecular complexity index is 346. The van der Waals surface area contributed by atoms with Crippen LogP contribution in [-0.4, -0.2) is 0 Å². The lowest BCUT2D eigenvalue weighted by atomic mass is 10.2. The number of quaternary nitrogens is 1. The van der Waals surface area contributed by atoms with Crippen LogP contribution in [0.1, 0.15) is 0 Å². The van der Waals surface area contributed by atoms with Gasteiger partial charge in [-0.15, -0.1) is 0 Å². The van der Waals surface area contributed by atoms with Crippen LogP contribution < -0.4 is 5.06 Å². The first-order valence-electron chi connectivity index (χ1n) is 4.53. The lowest BCUT2D eigenvalue weighted by Gasteiger charge is -2.20. The first-order valence-corrected chi connectivity index (χ1v) is 4.53. The summed E-state index contributed by atoms with van der Waals surface area (Å²) in [6.07, 6.45) is 0. The molecule has 0 spiro atoms. The van der Waals surface area contributed by atoms with Gasteiger partial charge in [-0.2, -0.15) is 0 Å². The van der Waals surface area contributed by atoms with Gasteiger partial charge in [-0.05, 0) is 24.3 Å². The van der Waals surface area contributed by atoms with Gasteiger partial charge in [-0.1, -0.05) is 36.4 Å². The van der Waals surface area contributed by atoms with Gasteiger partial charge < -0.3 is 10.3 Å². The number of benzene rings is 2. The Kier molecular flexibility index (Phi) is 2.58. The highest BCUT2D eigenvalue weighted by Gasteiger charge is 2.03. The standard InChI is InChI=1S/C12H11NO/c14-13(11-7-3-1-4-8-11)12-9-5-2-6-10-12/h1-10,13H. The van der Waals surface area contributed by atoms with Crippen LogP contribution in [0, 0.1) is 5.21 Å². The van der Waals surface area contributed by atoms with Gasteiger partial charge in [0.1, 0.15) is 11.4 Å². The molecule has 0 amide bonds. The number of rotatable bonds is 2. The Morgan fingerprint density at radius 2 is 1.00 bits per heavy atom. The van der Waals surface area contributed by atoms with Crippen molar-refractivity contribution in [2.75, 3.05) is 0 Å². The van der Waals surface area contributed by atoms with Gasteiger partial charge in [0.15, 0.2) is 0 Å². The molecule has 0 heterocycles. The second kappa shape index (κ2) is 4.05. The third kappa shape index (κ3) is 1.82. The molecular formula is C12H11NO. The van der Waals surface area contributed by atoms with Gasteiger partial charge in [0.2, 0.25) is 0 Å². The highest BCUT2D eigenvalue weighted by Crippen LogP contribution is 2.05. The van der Waals surface area contributed by atoms with Crippen LogP contribution in [0.4, 0.5) is 11.4 Å². The molecule has 1 N–H and O–H groups in total. The minimum atomic E-state index is 0.0752. The van der Waals surface area contributed by atoms with E-state index in [1.807, 2.05) is 60.7 Å². The Labute approximate surface area is 83.0 Å². The Balaban J connectivity index is 2.30. The second-order valence-corrected chi connectivity index (χ2v) is 3.06. The molecule has 2 rings (SSSR count). The van der Waals surface area contributed by atoms with Crippen LogP contribution in [0.15, 0.2) is 60.7 Å². The van der Waals surface area contributed by atoms with Crippen LogP contribution in [0.2, 0.25) is 0 Å². The number of hydrogen-bond donors (Lipinski definition) is 1.